The number of H-pyrrole nitrogens is 1. The number of rotatable bonds is 3. The SMILES string of the molecule is CCc1nn(C)c(C(=O)Nc2cc(C)[nH]n2)c1N. The molecule has 0 atom stereocenters. The molecule has 7 nitrogen and oxygen atoms in total. The molecule has 7 heteroatoms. The molecule has 1 amide bonds. The zero-order chi connectivity index (χ0) is 13.3. The van der Waals surface area contributed by atoms with Crippen LogP contribution in [0.2, 0.25) is 0 Å². The number of carbonyl (C=O) groups excluding carboxylic acids is 1. The highest BCUT2D eigenvalue weighted by atomic mass is 16.2. The van der Waals surface area contributed by atoms with Crippen LogP contribution in [0, 0.1) is 6.92 Å². The maximum absolute atomic E-state index is 12.1. The molecular weight excluding hydrogens is 232 g/mol. The van der Waals surface area contributed by atoms with Crippen molar-refractivity contribution in [2.75, 3.05) is 11.1 Å². The van der Waals surface area contributed by atoms with Gasteiger partial charge < -0.3 is 11.1 Å². The largest absolute Gasteiger partial charge is 0.395 e. The second-order valence-corrected chi connectivity index (χ2v) is 4.08. The van der Waals surface area contributed by atoms with Gasteiger partial charge >= 0.3 is 0 Å². The van der Waals surface area contributed by atoms with E-state index in [1.54, 1.807) is 13.1 Å². The number of aromatic amines is 1. The molecule has 2 aromatic rings. The van der Waals surface area contributed by atoms with Crippen LogP contribution in [0.15, 0.2) is 6.07 Å². The van der Waals surface area contributed by atoms with Crippen LogP contribution in [-0.4, -0.2) is 25.9 Å². The van der Waals surface area contributed by atoms with Crippen molar-refractivity contribution in [3.63, 3.8) is 0 Å². The quantitative estimate of drug-likeness (QED) is 0.749. The van der Waals surface area contributed by atoms with Crippen molar-refractivity contribution < 1.29 is 4.79 Å². The van der Waals surface area contributed by atoms with Crippen LogP contribution < -0.4 is 11.1 Å². The average molecular weight is 248 g/mol. The number of hydrogen-bond acceptors (Lipinski definition) is 4. The Kier molecular flexibility index (Phi) is 3.05. The topological polar surface area (TPSA) is 102 Å². The minimum absolute atomic E-state index is 0.311. The van der Waals surface area contributed by atoms with Crippen LogP contribution in [0.4, 0.5) is 11.5 Å². The van der Waals surface area contributed by atoms with Crippen molar-refractivity contribution >= 4 is 17.4 Å². The first-order valence-electron chi connectivity index (χ1n) is 5.67. The number of amides is 1. The summed E-state index contributed by atoms with van der Waals surface area (Å²) in [6.07, 6.45) is 0.689. The van der Waals surface area contributed by atoms with E-state index in [9.17, 15) is 4.79 Å². The van der Waals surface area contributed by atoms with Gasteiger partial charge in [-0.15, -0.1) is 0 Å². The summed E-state index contributed by atoms with van der Waals surface area (Å²) in [5.41, 5.74) is 8.27. The molecule has 0 aliphatic rings. The highest BCUT2D eigenvalue weighted by Crippen LogP contribution is 2.18. The summed E-state index contributed by atoms with van der Waals surface area (Å²) in [5, 5.41) is 13.6. The molecule has 2 aromatic heterocycles. The predicted molar refractivity (Wildman–Crippen MR) is 68.3 cm³/mol. The fourth-order valence-corrected chi connectivity index (χ4v) is 1.78. The third-order valence-corrected chi connectivity index (χ3v) is 2.66. The molecule has 96 valence electrons. The molecule has 4 N–H and O–H groups in total. The first-order chi connectivity index (χ1) is 8.52. The predicted octanol–water partition coefficient (Wildman–Crippen LogP) is 0.849. The van der Waals surface area contributed by atoms with Crippen LogP contribution >= 0.6 is 0 Å². The smallest absolute Gasteiger partial charge is 0.277 e. The van der Waals surface area contributed by atoms with Gasteiger partial charge in [0.15, 0.2) is 5.82 Å². The highest BCUT2D eigenvalue weighted by molar-refractivity contribution is 6.06. The summed E-state index contributed by atoms with van der Waals surface area (Å²) in [6, 6.07) is 1.74. The van der Waals surface area contributed by atoms with Gasteiger partial charge in [0.1, 0.15) is 5.69 Å². The molecule has 0 bridgehead atoms. The summed E-state index contributed by atoms with van der Waals surface area (Å²) in [7, 11) is 1.69. The number of aryl methyl sites for hydroxylation is 3. The third-order valence-electron chi connectivity index (χ3n) is 2.66. The maximum atomic E-state index is 12.1. The Morgan fingerprint density at radius 3 is 2.83 bits per heavy atom. The summed E-state index contributed by atoms with van der Waals surface area (Å²) >= 11 is 0. The molecular formula is C11H16N6O. The Bertz CT molecular complexity index is 582. The molecule has 0 saturated heterocycles. The number of hydrogen-bond donors (Lipinski definition) is 3. The van der Waals surface area contributed by atoms with Gasteiger partial charge in [-0.25, -0.2) is 0 Å². The summed E-state index contributed by atoms with van der Waals surface area (Å²) in [5.74, 6) is 0.157. The molecule has 0 spiro atoms. The normalized spacial score (nSPS) is 10.6. The lowest BCUT2D eigenvalue weighted by atomic mass is 10.2. The van der Waals surface area contributed by atoms with E-state index in [-0.39, 0.29) is 5.91 Å². The second kappa shape index (κ2) is 4.52. The van der Waals surface area contributed by atoms with E-state index in [0.717, 1.165) is 11.4 Å². The van der Waals surface area contributed by atoms with Crippen LogP contribution in [0.1, 0.15) is 28.8 Å². The molecule has 0 fully saturated rings. The lowest BCUT2D eigenvalue weighted by Crippen LogP contribution is -2.17. The van der Waals surface area contributed by atoms with E-state index in [4.69, 9.17) is 5.73 Å². The van der Waals surface area contributed by atoms with E-state index in [1.165, 1.54) is 4.68 Å². The highest BCUT2D eigenvalue weighted by Gasteiger charge is 2.19. The summed E-state index contributed by atoms with van der Waals surface area (Å²) in [6.45, 7) is 3.80. The van der Waals surface area contributed by atoms with Crippen molar-refractivity contribution in [3.05, 3.63) is 23.1 Å². The average Bonchev–Trinajstić information content (AvgIpc) is 2.83. The number of nitrogens with one attached hydrogen (secondary N) is 2. The van der Waals surface area contributed by atoms with Crippen LogP contribution in [0.5, 0.6) is 0 Å². The molecule has 0 radical (unpaired) electrons. The maximum Gasteiger partial charge on any atom is 0.277 e. The Balaban J connectivity index is 2.26. The first kappa shape index (κ1) is 12.2. The molecule has 2 heterocycles. The first-order valence-corrected chi connectivity index (χ1v) is 5.67. The Hall–Kier alpha value is -2.31. The van der Waals surface area contributed by atoms with Crippen molar-refractivity contribution in [1.82, 2.24) is 20.0 Å². The van der Waals surface area contributed by atoms with E-state index in [2.05, 4.69) is 20.6 Å². The fraction of sp³-hybridized carbons (Fsp3) is 0.364. The molecule has 2 rings (SSSR count). The van der Waals surface area contributed by atoms with Crippen molar-refractivity contribution in [3.8, 4) is 0 Å². The third kappa shape index (κ3) is 2.06. The number of nitrogens with zero attached hydrogens (tertiary/aromatic N) is 3. The van der Waals surface area contributed by atoms with Crippen molar-refractivity contribution in [2.24, 2.45) is 7.05 Å². The van der Waals surface area contributed by atoms with E-state index >= 15 is 0 Å². The minimum atomic E-state index is -0.311. The van der Waals surface area contributed by atoms with Gasteiger partial charge in [0.25, 0.3) is 5.91 Å². The van der Waals surface area contributed by atoms with Gasteiger partial charge in [-0.2, -0.15) is 10.2 Å². The minimum Gasteiger partial charge on any atom is -0.395 e. The Morgan fingerprint density at radius 2 is 2.33 bits per heavy atom. The second-order valence-electron chi connectivity index (χ2n) is 4.08. The number of nitrogen functional groups attached to an aromatic ring is 1. The molecule has 0 aromatic carbocycles. The molecule has 0 unspecified atom stereocenters. The number of aromatic nitrogens is 4. The Labute approximate surface area is 104 Å². The lowest BCUT2D eigenvalue weighted by Gasteiger charge is -2.03. The standard InChI is InChI=1S/C11H16N6O/c1-4-7-9(12)10(17(3)16-7)11(18)13-8-5-6(2)14-15-8/h5H,4,12H2,1-3H3,(H2,13,14,15,18). The van der Waals surface area contributed by atoms with Gasteiger partial charge in [0.05, 0.1) is 11.4 Å². The van der Waals surface area contributed by atoms with Crippen LogP contribution in [0.25, 0.3) is 0 Å². The van der Waals surface area contributed by atoms with E-state index in [1.807, 2.05) is 13.8 Å². The van der Waals surface area contributed by atoms with Crippen LogP contribution in [0.3, 0.4) is 0 Å². The van der Waals surface area contributed by atoms with Gasteiger partial charge in [0, 0.05) is 18.8 Å². The van der Waals surface area contributed by atoms with E-state index in [0.29, 0.717) is 23.6 Å². The van der Waals surface area contributed by atoms with Crippen molar-refractivity contribution in [2.45, 2.75) is 20.3 Å². The molecule has 18 heavy (non-hydrogen) atoms. The van der Waals surface area contributed by atoms with Crippen molar-refractivity contribution in [1.29, 1.82) is 0 Å². The number of nitrogens with two attached hydrogens (primary N) is 1. The fourth-order valence-electron chi connectivity index (χ4n) is 1.78. The molecule has 0 saturated carbocycles. The zero-order valence-corrected chi connectivity index (χ0v) is 10.6. The number of anilines is 2. The monoisotopic (exact) mass is 248 g/mol. The van der Waals surface area contributed by atoms with Gasteiger partial charge in [0.2, 0.25) is 0 Å². The Morgan fingerprint density at radius 1 is 1.61 bits per heavy atom. The van der Waals surface area contributed by atoms with Gasteiger partial charge in [-0.3, -0.25) is 14.6 Å². The summed E-state index contributed by atoms with van der Waals surface area (Å²) in [4.78, 5) is 12.1. The molecule has 0 aliphatic carbocycles. The van der Waals surface area contributed by atoms with Gasteiger partial charge in [-0.1, -0.05) is 6.92 Å². The number of carbonyl (C=O) groups is 1. The van der Waals surface area contributed by atoms with E-state index < -0.39 is 0 Å². The summed E-state index contributed by atoms with van der Waals surface area (Å²) < 4.78 is 1.49. The zero-order valence-electron chi connectivity index (χ0n) is 10.6. The van der Waals surface area contributed by atoms with Crippen LogP contribution in [-0.2, 0) is 13.5 Å². The molecule has 0 aliphatic heterocycles. The lowest BCUT2D eigenvalue weighted by molar-refractivity contribution is 0.101. The van der Waals surface area contributed by atoms with Gasteiger partial charge in [-0.05, 0) is 13.3 Å².